The van der Waals surface area contributed by atoms with E-state index in [1.54, 1.807) is 11.3 Å². The molecule has 0 saturated heterocycles. The van der Waals surface area contributed by atoms with Crippen molar-refractivity contribution in [2.75, 3.05) is 24.6 Å². The van der Waals surface area contributed by atoms with E-state index in [1.165, 1.54) is 20.5 Å². The van der Waals surface area contributed by atoms with Crippen LogP contribution in [0.5, 0.6) is 0 Å². The smallest absolute Gasteiger partial charge is 0.0922 e. The third-order valence-electron chi connectivity index (χ3n) is 4.88. The first-order valence-electron chi connectivity index (χ1n) is 8.53. The van der Waals surface area contributed by atoms with E-state index in [2.05, 4.69) is 24.3 Å². The average molecular weight is 370 g/mol. The van der Waals surface area contributed by atoms with Crippen LogP contribution in [0.25, 0.3) is 10.1 Å². The van der Waals surface area contributed by atoms with E-state index in [-0.39, 0.29) is 0 Å². The largest absolute Gasteiger partial charge is 0.323 e. The summed E-state index contributed by atoms with van der Waals surface area (Å²) in [5.74, 6) is 0. The first kappa shape index (κ1) is 19.0. The summed E-state index contributed by atoms with van der Waals surface area (Å²) < 4.78 is 26.9. The van der Waals surface area contributed by atoms with Gasteiger partial charge in [0.1, 0.15) is 0 Å². The lowest BCUT2D eigenvalue weighted by molar-refractivity contribution is 0.574. The number of thiophene rings is 1. The topological polar surface area (TPSA) is 34.1 Å². The van der Waals surface area contributed by atoms with Crippen LogP contribution in [0.2, 0.25) is 0 Å². The lowest BCUT2D eigenvalue weighted by atomic mass is 10.2. The highest BCUT2D eigenvalue weighted by molar-refractivity contribution is 7.63. The highest BCUT2D eigenvalue weighted by Crippen LogP contribution is 2.52. The van der Waals surface area contributed by atoms with Crippen LogP contribution in [0.15, 0.2) is 24.3 Å². The van der Waals surface area contributed by atoms with E-state index in [0.717, 1.165) is 24.6 Å². The zero-order valence-corrected chi connectivity index (χ0v) is 17.3. The van der Waals surface area contributed by atoms with Gasteiger partial charge in [0.15, 0.2) is 0 Å². The summed E-state index contributed by atoms with van der Waals surface area (Å²) in [5, 5.41) is 1.21. The van der Waals surface area contributed by atoms with Gasteiger partial charge in [0.2, 0.25) is 0 Å². The Morgan fingerprint density at radius 2 is 1.43 bits per heavy atom. The fourth-order valence-electron chi connectivity index (χ4n) is 2.87. The van der Waals surface area contributed by atoms with Gasteiger partial charge in [-0.3, -0.25) is 0 Å². The van der Waals surface area contributed by atoms with Gasteiger partial charge in [-0.25, -0.2) is 0 Å². The van der Waals surface area contributed by atoms with E-state index in [0.29, 0.717) is 12.3 Å². The molecule has 2 nitrogen and oxygen atoms in total. The fraction of sp³-hybridized carbons (Fsp3) is 0.556. The summed E-state index contributed by atoms with van der Waals surface area (Å²) in [5.41, 5.74) is 1.20. The van der Waals surface area contributed by atoms with E-state index >= 15 is 0 Å². The van der Waals surface area contributed by atoms with Crippen LogP contribution in [-0.2, 0) is 21.5 Å². The Hall–Kier alpha value is -0.360. The molecule has 0 spiro atoms. The average Bonchev–Trinajstić information content (AvgIpc) is 2.97. The molecule has 0 radical (unpaired) electrons. The van der Waals surface area contributed by atoms with Gasteiger partial charge in [0.25, 0.3) is 0 Å². The first-order valence-corrected chi connectivity index (χ1v) is 13.9. The van der Waals surface area contributed by atoms with Gasteiger partial charge in [0.05, 0.1) is 14.3 Å². The Balaban J connectivity index is 2.39. The number of hydrogen-bond acceptors (Lipinski definition) is 3. The van der Waals surface area contributed by atoms with E-state index in [1.807, 2.05) is 27.7 Å². The molecule has 0 saturated carbocycles. The highest BCUT2D eigenvalue weighted by atomic mass is 32.1. The molecule has 1 aromatic carbocycles. The predicted molar refractivity (Wildman–Crippen MR) is 107 cm³/mol. The summed E-state index contributed by atoms with van der Waals surface area (Å²) in [6, 6.07) is 8.47. The van der Waals surface area contributed by atoms with Gasteiger partial charge in [-0.15, -0.1) is 11.3 Å². The number of rotatable bonds is 8. The Labute approximate surface area is 144 Å². The molecular formula is C18H28O2P2S. The van der Waals surface area contributed by atoms with Crippen LogP contribution in [0, 0.1) is 0 Å². The van der Waals surface area contributed by atoms with Gasteiger partial charge in [-0.2, -0.15) is 0 Å². The van der Waals surface area contributed by atoms with Crippen molar-refractivity contribution < 1.29 is 9.13 Å². The zero-order valence-electron chi connectivity index (χ0n) is 14.7. The molecule has 2 rings (SSSR count). The van der Waals surface area contributed by atoms with Crippen molar-refractivity contribution in [2.24, 2.45) is 0 Å². The SMILES string of the molecule is CCP(=O)(CC)Cc1cc2cccc(CP(=O)(CC)CC)c2s1. The maximum atomic E-state index is 12.9. The van der Waals surface area contributed by atoms with Crippen molar-refractivity contribution in [2.45, 2.75) is 40.0 Å². The Kier molecular flexibility index (Phi) is 6.34. The van der Waals surface area contributed by atoms with Gasteiger partial charge < -0.3 is 9.13 Å². The van der Waals surface area contributed by atoms with Gasteiger partial charge >= 0.3 is 0 Å². The molecule has 2 aromatic rings. The van der Waals surface area contributed by atoms with Crippen molar-refractivity contribution in [3.05, 3.63) is 34.7 Å². The quantitative estimate of drug-likeness (QED) is 0.484. The molecule has 0 unspecified atom stereocenters. The van der Waals surface area contributed by atoms with Crippen molar-refractivity contribution in [3.8, 4) is 0 Å². The van der Waals surface area contributed by atoms with Crippen molar-refractivity contribution in [1.82, 2.24) is 0 Å². The second-order valence-corrected chi connectivity index (χ2v) is 14.8. The standard InChI is InChI=1S/C18H28O2P2S/c1-5-21(19,6-2)13-16-11-9-10-15-12-17(23-18(15)16)14-22(20,7-3)8-4/h9-12H,5-8,13-14H2,1-4H3. The van der Waals surface area contributed by atoms with Crippen LogP contribution >= 0.6 is 25.6 Å². The minimum absolute atomic E-state index is 0.691. The molecule has 128 valence electrons. The molecule has 0 fully saturated rings. The lowest BCUT2D eigenvalue weighted by Crippen LogP contribution is -1.94. The van der Waals surface area contributed by atoms with Crippen LogP contribution in [0.3, 0.4) is 0 Å². The fourth-order valence-corrected chi connectivity index (χ4v) is 8.24. The van der Waals surface area contributed by atoms with Crippen LogP contribution in [0.1, 0.15) is 38.1 Å². The van der Waals surface area contributed by atoms with Crippen LogP contribution in [0.4, 0.5) is 0 Å². The minimum atomic E-state index is -2.10. The molecule has 0 aliphatic rings. The molecule has 0 aliphatic carbocycles. The maximum Gasteiger partial charge on any atom is 0.0922 e. The Morgan fingerprint density at radius 1 is 0.870 bits per heavy atom. The molecule has 1 aromatic heterocycles. The monoisotopic (exact) mass is 370 g/mol. The minimum Gasteiger partial charge on any atom is -0.323 e. The summed E-state index contributed by atoms with van der Waals surface area (Å²) in [6.07, 6.45) is 4.46. The van der Waals surface area contributed by atoms with Gasteiger partial charge in [-0.1, -0.05) is 45.9 Å². The molecular weight excluding hydrogens is 342 g/mol. The van der Waals surface area contributed by atoms with Crippen molar-refractivity contribution in [3.63, 3.8) is 0 Å². The second kappa shape index (κ2) is 7.68. The normalized spacial score (nSPS) is 12.9. The molecule has 0 amide bonds. The molecule has 23 heavy (non-hydrogen) atoms. The van der Waals surface area contributed by atoms with Gasteiger partial charge in [-0.05, 0) is 41.7 Å². The highest BCUT2D eigenvalue weighted by Gasteiger charge is 2.22. The predicted octanol–water partition coefficient (Wildman–Crippen LogP) is 6.71. The second-order valence-electron chi connectivity index (χ2n) is 6.25. The van der Waals surface area contributed by atoms with E-state index < -0.39 is 14.3 Å². The van der Waals surface area contributed by atoms with Gasteiger partial charge in [0, 0.05) is 21.9 Å². The maximum absolute atomic E-state index is 12.9. The number of benzene rings is 1. The van der Waals surface area contributed by atoms with E-state index in [4.69, 9.17) is 0 Å². The molecule has 0 N–H and O–H groups in total. The molecule has 0 aliphatic heterocycles. The van der Waals surface area contributed by atoms with Crippen LogP contribution < -0.4 is 0 Å². The molecule has 0 atom stereocenters. The molecule has 1 heterocycles. The first-order chi connectivity index (χ1) is 10.9. The zero-order chi connectivity index (χ0) is 17.1. The third kappa shape index (κ3) is 4.38. The summed E-state index contributed by atoms with van der Waals surface area (Å²) >= 11 is 1.75. The molecule has 0 bridgehead atoms. The van der Waals surface area contributed by atoms with E-state index in [9.17, 15) is 9.13 Å². The number of fused-ring (bicyclic) bond motifs is 1. The summed E-state index contributed by atoms with van der Waals surface area (Å²) in [7, 11) is -4.17. The third-order valence-corrected chi connectivity index (χ3v) is 12.8. The summed E-state index contributed by atoms with van der Waals surface area (Å²) in [4.78, 5) is 1.21. The lowest BCUT2D eigenvalue weighted by Gasteiger charge is -2.14. The summed E-state index contributed by atoms with van der Waals surface area (Å²) in [6.45, 7) is 8.12. The van der Waals surface area contributed by atoms with Crippen molar-refractivity contribution >= 4 is 35.7 Å². The Morgan fingerprint density at radius 3 is 2.00 bits per heavy atom. The molecule has 5 heteroatoms. The van der Waals surface area contributed by atoms with Crippen LogP contribution in [-0.4, -0.2) is 24.6 Å². The number of hydrogen-bond donors (Lipinski definition) is 0. The Bertz CT molecular complexity index is 747. The van der Waals surface area contributed by atoms with Crippen molar-refractivity contribution in [1.29, 1.82) is 0 Å².